The van der Waals surface area contributed by atoms with Gasteiger partial charge in [0.05, 0.1) is 12.6 Å². The van der Waals surface area contributed by atoms with Crippen molar-refractivity contribution in [3.8, 4) is 5.75 Å². The number of nitrogens with one attached hydrogen (secondary N) is 11. The standard InChI is InChI=1S/C71H126N16O17/c1-11-43(9)58(87-70(102)59(44(10)12-2)86-65(97)51(24-16-20-34-75)78-61(93)48(21-13-17-31-72)79-68(100)55(38-45-25-27-46(89)28-26-45)82-60(92)47(76)35-40(3)4)69(101)81-50(23-15-19-33-74)62(94)77-49(22-14-18-32-73)63(95)83-54(37-42(7)8)67(99)84-53(36-41(5)6)66(98)80-52(29-30-57(90)91)64(96)85-56(39-88)71(103)104/h25-28,40-44,47-56,58-59,88-89H,11-24,29-39,72-76H2,1-10H3,(H,77,94)(H,78,93)(H,79,100)(H,80,98)(H,81,101)(H,82,92)(H,83,95)(H,84,99)(H,85,96)(H,86,97)(H,87,102)(H,90,91)(H,103,104). The van der Waals surface area contributed by atoms with Gasteiger partial charge in [-0.3, -0.25) is 57.5 Å². The van der Waals surface area contributed by atoms with Gasteiger partial charge in [-0.05, 0) is 176 Å². The molecule has 0 aromatic heterocycles. The van der Waals surface area contributed by atoms with E-state index >= 15 is 0 Å². The minimum atomic E-state index is -1.78. The molecule has 592 valence electrons. The summed E-state index contributed by atoms with van der Waals surface area (Å²) < 4.78 is 0. The summed E-state index contributed by atoms with van der Waals surface area (Å²) >= 11 is 0. The second-order valence-electron chi connectivity index (χ2n) is 28.3. The minimum absolute atomic E-state index is 0.00225. The average molecular weight is 1480 g/mol. The molecule has 1 rings (SSSR count). The Bertz CT molecular complexity index is 2850. The molecule has 14 unspecified atom stereocenters. The lowest BCUT2D eigenvalue weighted by molar-refractivity contribution is -0.144. The van der Waals surface area contributed by atoms with Crippen LogP contribution in [0.25, 0.3) is 0 Å². The third-order valence-corrected chi connectivity index (χ3v) is 17.7. The SMILES string of the molecule is CCC(C)C(NC(=O)C(CCCCN)NC(=O)C(CCCCN)NC(=O)C(Cc1ccc(O)cc1)NC(=O)C(N)CC(C)C)C(=O)NC(C(=O)NC(CCCCN)C(=O)NC(CCCCN)C(=O)NC(CC(C)C)C(=O)NC(CC(C)C)C(=O)NC(CCC(=O)O)C(=O)NC(CO)C(=O)O)C(C)CC. The van der Waals surface area contributed by atoms with E-state index in [-0.39, 0.29) is 94.6 Å². The number of hydrogen-bond donors (Lipinski definition) is 20. The number of phenolic OH excluding ortho intramolecular Hbond substituents is 1. The summed E-state index contributed by atoms with van der Waals surface area (Å²) in [4.78, 5) is 181. The quantitative estimate of drug-likeness (QED) is 0.0358. The van der Waals surface area contributed by atoms with E-state index < -0.39 is 181 Å². The fourth-order valence-corrected chi connectivity index (χ4v) is 11.2. The van der Waals surface area contributed by atoms with E-state index in [1.165, 1.54) is 12.1 Å². The van der Waals surface area contributed by atoms with Crippen molar-refractivity contribution in [2.75, 3.05) is 32.8 Å². The van der Waals surface area contributed by atoms with Crippen molar-refractivity contribution in [3.63, 3.8) is 0 Å². The summed E-state index contributed by atoms with van der Waals surface area (Å²) in [5, 5.41) is 67.7. The maximum absolute atomic E-state index is 14.8. The maximum atomic E-state index is 14.8. The molecule has 0 saturated heterocycles. The van der Waals surface area contributed by atoms with Crippen LogP contribution >= 0.6 is 0 Å². The van der Waals surface area contributed by atoms with E-state index in [1.54, 1.807) is 67.5 Å². The Morgan fingerprint density at radius 2 is 0.654 bits per heavy atom. The third kappa shape index (κ3) is 36.5. The predicted molar refractivity (Wildman–Crippen MR) is 392 cm³/mol. The van der Waals surface area contributed by atoms with Crippen LogP contribution in [0.3, 0.4) is 0 Å². The van der Waals surface area contributed by atoms with Crippen LogP contribution in [0.4, 0.5) is 0 Å². The molecule has 11 amide bonds. The number of carboxylic acids is 2. The third-order valence-electron chi connectivity index (χ3n) is 17.7. The largest absolute Gasteiger partial charge is 0.508 e. The molecule has 0 fully saturated rings. The Hall–Kier alpha value is -8.11. The van der Waals surface area contributed by atoms with Crippen LogP contribution in [-0.2, 0) is 68.7 Å². The van der Waals surface area contributed by atoms with Crippen LogP contribution in [0.15, 0.2) is 24.3 Å². The lowest BCUT2D eigenvalue weighted by Gasteiger charge is -2.31. The molecule has 1 aromatic carbocycles. The summed E-state index contributed by atoms with van der Waals surface area (Å²) in [5.41, 5.74) is 30.3. The summed E-state index contributed by atoms with van der Waals surface area (Å²) in [6, 6.07) is -10.1. The molecule has 0 aliphatic heterocycles. The molecule has 1 aromatic rings. The number of hydrogen-bond acceptors (Lipinski definition) is 20. The van der Waals surface area contributed by atoms with Gasteiger partial charge in [0.15, 0.2) is 0 Å². The Morgan fingerprint density at radius 3 is 0.981 bits per heavy atom. The zero-order chi connectivity index (χ0) is 78.8. The average Bonchev–Trinajstić information content (AvgIpc) is 0.846. The van der Waals surface area contributed by atoms with Gasteiger partial charge in [-0.1, -0.05) is 94.2 Å². The normalized spacial score (nSPS) is 15.5. The Balaban J connectivity index is 3.73. The number of phenols is 1. The van der Waals surface area contributed by atoms with Gasteiger partial charge in [0.2, 0.25) is 65.0 Å². The van der Waals surface area contributed by atoms with Crippen LogP contribution in [0.5, 0.6) is 5.75 Å². The van der Waals surface area contributed by atoms with Crippen molar-refractivity contribution >= 4 is 76.9 Å². The van der Waals surface area contributed by atoms with Crippen molar-refractivity contribution in [3.05, 3.63) is 29.8 Å². The first kappa shape index (κ1) is 93.9. The second kappa shape index (κ2) is 51.1. The molecule has 33 heteroatoms. The van der Waals surface area contributed by atoms with Crippen molar-refractivity contribution in [2.24, 2.45) is 58.3 Å². The molecule has 0 radical (unpaired) electrons. The molecule has 0 heterocycles. The zero-order valence-electron chi connectivity index (χ0n) is 62.8. The first-order chi connectivity index (χ1) is 49.1. The smallest absolute Gasteiger partial charge is 0.328 e. The molecule has 0 saturated carbocycles. The van der Waals surface area contributed by atoms with E-state index in [0.717, 1.165) is 0 Å². The number of aliphatic hydroxyl groups is 1. The summed E-state index contributed by atoms with van der Waals surface area (Å²) in [6.07, 6.45) is 3.05. The van der Waals surface area contributed by atoms with Crippen molar-refractivity contribution in [1.82, 2.24) is 58.5 Å². The van der Waals surface area contributed by atoms with E-state index in [4.69, 9.17) is 28.7 Å². The number of carbonyl (C=O) groups is 13. The molecule has 14 atom stereocenters. The maximum Gasteiger partial charge on any atom is 0.328 e. The Labute approximate surface area is 612 Å². The number of aliphatic carboxylic acids is 2. The first-order valence-corrected chi connectivity index (χ1v) is 36.8. The van der Waals surface area contributed by atoms with Crippen molar-refractivity contribution < 1.29 is 82.8 Å². The fraction of sp³-hybridized carbons (Fsp3) is 0.732. The van der Waals surface area contributed by atoms with Crippen LogP contribution in [0, 0.1) is 29.6 Å². The first-order valence-electron chi connectivity index (χ1n) is 36.8. The molecule has 0 aliphatic carbocycles. The summed E-state index contributed by atoms with van der Waals surface area (Å²) in [5.74, 6) is -13.5. The number of rotatable bonds is 55. The highest BCUT2D eigenvalue weighted by Crippen LogP contribution is 2.19. The van der Waals surface area contributed by atoms with Crippen molar-refractivity contribution in [1.29, 1.82) is 0 Å². The van der Waals surface area contributed by atoms with E-state index in [9.17, 15) is 82.8 Å². The van der Waals surface area contributed by atoms with Gasteiger partial charge in [-0.25, -0.2) is 4.79 Å². The van der Waals surface area contributed by atoms with E-state index in [0.29, 0.717) is 76.2 Å². The summed E-state index contributed by atoms with van der Waals surface area (Å²) in [7, 11) is 0. The number of carboxylic acid groups (broad SMARTS) is 2. The molecular weight excluding hydrogens is 1350 g/mol. The topological polar surface area (TPSA) is 565 Å². The molecule has 33 nitrogen and oxygen atoms in total. The highest BCUT2D eigenvalue weighted by molar-refractivity contribution is 5.99. The molecule has 25 N–H and O–H groups in total. The van der Waals surface area contributed by atoms with Gasteiger partial charge in [0.1, 0.15) is 72.2 Å². The Kier molecular flexibility index (Phi) is 46.2. The van der Waals surface area contributed by atoms with Gasteiger partial charge >= 0.3 is 11.9 Å². The van der Waals surface area contributed by atoms with Crippen LogP contribution in [0.1, 0.15) is 197 Å². The fourth-order valence-electron chi connectivity index (χ4n) is 11.2. The van der Waals surface area contributed by atoms with E-state index in [1.807, 2.05) is 13.8 Å². The van der Waals surface area contributed by atoms with Crippen LogP contribution in [0.2, 0.25) is 0 Å². The monoisotopic (exact) mass is 1470 g/mol. The van der Waals surface area contributed by atoms with Gasteiger partial charge in [0.25, 0.3) is 0 Å². The summed E-state index contributed by atoms with van der Waals surface area (Å²) in [6.45, 7) is 17.7. The van der Waals surface area contributed by atoms with Gasteiger partial charge in [-0.15, -0.1) is 0 Å². The molecule has 104 heavy (non-hydrogen) atoms. The minimum Gasteiger partial charge on any atom is -0.508 e. The second-order valence-corrected chi connectivity index (χ2v) is 28.3. The number of unbranched alkanes of at least 4 members (excludes halogenated alkanes) is 4. The molecule has 0 spiro atoms. The molecular formula is C71H126N16O17. The number of carbonyl (C=O) groups excluding carboxylic acids is 11. The number of aromatic hydroxyl groups is 1. The zero-order valence-corrected chi connectivity index (χ0v) is 62.8. The Morgan fingerprint density at radius 1 is 0.365 bits per heavy atom. The molecule has 0 bridgehead atoms. The molecule has 0 aliphatic rings. The van der Waals surface area contributed by atoms with Gasteiger partial charge in [0, 0.05) is 12.8 Å². The lowest BCUT2D eigenvalue weighted by Crippen LogP contribution is -2.62. The van der Waals surface area contributed by atoms with Crippen molar-refractivity contribution in [2.45, 2.75) is 270 Å². The number of nitrogens with two attached hydrogens (primary N) is 5. The highest BCUT2D eigenvalue weighted by Gasteiger charge is 2.39. The lowest BCUT2D eigenvalue weighted by atomic mass is 9.94. The number of aliphatic hydroxyl groups excluding tert-OH is 1. The number of amides is 11. The predicted octanol–water partition coefficient (Wildman–Crippen LogP) is -0.717. The van der Waals surface area contributed by atoms with Crippen LogP contribution < -0.4 is 87.2 Å². The van der Waals surface area contributed by atoms with Gasteiger partial charge in [-0.2, -0.15) is 0 Å². The van der Waals surface area contributed by atoms with Crippen LogP contribution in [-0.4, -0.2) is 203 Å². The van der Waals surface area contributed by atoms with Gasteiger partial charge < -0.3 is 108 Å². The van der Waals surface area contributed by atoms with E-state index in [2.05, 4.69) is 58.5 Å². The number of benzene rings is 1. The highest BCUT2D eigenvalue weighted by atomic mass is 16.4.